The molecule has 2 aromatic carbocycles. The lowest BCUT2D eigenvalue weighted by atomic mass is 9.94. The molecule has 2 atom stereocenters. The van der Waals surface area contributed by atoms with Crippen LogP contribution in [-0.2, 0) is 14.3 Å². The van der Waals surface area contributed by atoms with E-state index in [0.29, 0.717) is 6.42 Å². The Bertz CT molecular complexity index is 989. The smallest absolute Gasteiger partial charge is 0.408 e. The van der Waals surface area contributed by atoms with Crippen molar-refractivity contribution >= 4 is 18.0 Å². The molecule has 33 heavy (non-hydrogen) atoms. The quantitative estimate of drug-likeness (QED) is 0.526. The molecule has 0 bridgehead atoms. The SMILES string of the molecule is CCC(C)(NC(=O)OCC1c2ccccc2-c2ccccc21)C(=O)NC(CC(=O)O)C(C)C. The van der Waals surface area contributed by atoms with Crippen LogP contribution in [0.5, 0.6) is 0 Å². The van der Waals surface area contributed by atoms with Gasteiger partial charge in [-0.2, -0.15) is 0 Å². The highest BCUT2D eigenvalue weighted by Crippen LogP contribution is 2.44. The van der Waals surface area contributed by atoms with E-state index in [0.717, 1.165) is 22.3 Å². The van der Waals surface area contributed by atoms with Gasteiger partial charge in [0.1, 0.15) is 12.1 Å². The van der Waals surface area contributed by atoms with Gasteiger partial charge >= 0.3 is 12.1 Å². The van der Waals surface area contributed by atoms with Crippen molar-refractivity contribution in [2.75, 3.05) is 6.61 Å². The van der Waals surface area contributed by atoms with Crippen LogP contribution in [0.25, 0.3) is 11.1 Å². The van der Waals surface area contributed by atoms with Crippen LogP contribution in [0.1, 0.15) is 57.6 Å². The van der Waals surface area contributed by atoms with Gasteiger partial charge in [-0.25, -0.2) is 4.79 Å². The van der Waals surface area contributed by atoms with Gasteiger partial charge in [-0.1, -0.05) is 69.3 Å². The lowest BCUT2D eigenvalue weighted by Crippen LogP contribution is -2.59. The number of nitrogens with one attached hydrogen (secondary N) is 2. The third kappa shape index (κ3) is 5.35. The monoisotopic (exact) mass is 452 g/mol. The first-order valence-electron chi connectivity index (χ1n) is 11.3. The Hall–Kier alpha value is -3.35. The molecule has 3 rings (SSSR count). The van der Waals surface area contributed by atoms with Gasteiger partial charge in [0.2, 0.25) is 5.91 Å². The van der Waals surface area contributed by atoms with Crippen LogP contribution in [0.15, 0.2) is 48.5 Å². The molecule has 2 aromatic rings. The second kappa shape index (κ2) is 10.1. The first-order chi connectivity index (χ1) is 15.7. The summed E-state index contributed by atoms with van der Waals surface area (Å²) in [6, 6.07) is 15.6. The van der Waals surface area contributed by atoms with Crippen LogP contribution in [0.3, 0.4) is 0 Å². The van der Waals surface area contributed by atoms with Crippen LogP contribution in [0.2, 0.25) is 0 Å². The number of hydrogen-bond donors (Lipinski definition) is 3. The number of hydrogen-bond acceptors (Lipinski definition) is 4. The van der Waals surface area contributed by atoms with E-state index in [2.05, 4.69) is 22.8 Å². The molecular weight excluding hydrogens is 420 g/mol. The molecule has 0 heterocycles. The largest absolute Gasteiger partial charge is 0.481 e. The average Bonchev–Trinajstić information content (AvgIpc) is 3.10. The van der Waals surface area contributed by atoms with Crippen LogP contribution in [0.4, 0.5) is 4.79 Å². The summed E-state index contributed by atoms with van der Waals surface area (Å²) in [6.07, 6.45) is -0.551. The summed E-state index contributed by atoms with van der Waals surface area (Å²) in [6.45, 7) is 7.23. The molecule has 0 radical (unpaired) electrons. The summed E-state index contributed by atoms with van der Waals surface area (Å²) in [5.41, 5.74) is 3.26. The Kier molecular flexibility index (Phi) is 7.41. The summed E-state index contributed by atoms with van der Waals surface area (Å²) >= 11 is 0. The Labute approximate surface area is 194 Å². The van der Waals surface area contributed by atoms with E-state index in [9.17, 15) is 14.4 Å². The number of amides is 2. The number of carbonyl (C=O) groups is 3. The molecule has 0 fully saturated rings. The van der Waals surface area contributed by atoms with E-state index in [1.807, 2.05) is 50.2 Å². The Morgan fingerprint density at radius 3 is 2.06 bits per heavy atom. The molecule has 0 saturated carbocycles. The van der Waals surface area contributed by atoms with Gasteiger partial charge in [0.15, 0.2) is 0 Å². The number of benzene rings is 2. The standard InChI is InChI=1S/C26H32N2O5/c1-5-26(4,24(31)27-22(16(2)3)14-23(29)30)28-25(32)33-15-21-19-12-8-6-10-17(19)18-11-7-9-13-20(18)21/h6-13,16,21-22H,5,14-15H2,1-4H3,(H,27,31)(H,28,32)(H,29,30). The summed E-state index contributed by atoms with van der Waals surface area (Å²) in [4.78, 5) is 36.8. The van der Waals surface area contributed by atoms with Crippen molar-refractivity contribution in [3.63, 3.8) is 0 Å². The zero-order valence-electron chi connectivity index (χ0n) is 19.6. The first kappa shape index (κ1) is 24.3. The minimum Gasteiger partial charge on any atom is -0.481 e. The van der Waals surface area contributed by atoms with Crippen molar-refractivity contribution in [3.8, 4) is 11.1 Å². The number of rotatable bonds is 9. The third-order valence-corrected chi connectivity index (χ3v) is 6.45. The second-order valence-corrected chi connectivity index (χ2v) is 9.06. The minimum atomic E-state index is -1.23. The van der Waals surface area contributed by atoms with Crippen molar-refractivity contribution < 1.29 is 24.2 Å². The normalized spacial score (nSPS) is 15.2. The predicted octanol–water partition coefficient (Wildman–Crippen LogP) is 4.31. The van der Waals surface area contributed by atoms with Gasteiger partial charge < -0.3 is 20.5 Å². The first-order valence-corrected chi connectivity index (χ1v) is 11.3. The molecule has 176 valence electrons. The highest BCUT2D eigenvalue weighted by atomic mass is 16.5. The van der Waals surface area contributed by atoms with Gasteiger partial charge in [-0.05, 0) is 41.5 Å². The van der Waals surface area contributed by atoms with E-state index >= 15 is 0 Å². The van der Waals surface area contributed by atoms with Gasteiger partial charge in [-0.15, -0.1) is 0 Å². The third-order valence-electron chi connectivity index (χ3n) is 6.45. The van der Waals surface area contributed by atoms with Crippen molar-refractivity contribution in [1.29, 1.82) is 0 Å². The topological polar surface area (TPSA) is 105 Å². The van der Waals surface area contributed by atoms with Crippen molar-refractivity contribution in [3.05, 3.63) is 59.7 Å². The van der Waals surface area contributed by atoms with E-state index in [1.54, 1.807) is 13.8 Å². The number of carboxylic acids is 1. The molecule has 2 amide bonds. The van der Waals surface area contributed by atoms with E-state index in [4.69, 9.17) is 9.84 Å². The molecule has 0 spiro atoms. The van der Waals surface area contributed by atoms with Crippen LogP contribution in [-0.4, -0.2) is 41.3 Å². The number of aliphatic carboxylic acids is 1. The maximum absolute atomic E-state index is 12.9. The molecule has 7 heteroatoms. The molecule has 2 unspecified atom stereocenters. The maximum Gasteiger partial charge on any atom is 0.408 e. The van der Waals surface area contributed by atoms with E-state index in [1.165, 1.54) is 0 Å². The number of ether oxygens (including phenoxy) is 1. The van der Waals surface area contributed by atoms with E-state index in [-0.39, 0.29) is 24.9 Å². The molecule has 0 saturated heterocycles. The molecule has 1 aliphatic carbocycles. The number of carbonyl (C=O) groups excluding carboxylic acids is 2. The fourth-order valence-electron chi connectivity index (χ4n) is 4.13. The number of alkyl carbamates (subject to hydrolysis) is 1. The van der Waals surface area contributed by atoms with Crippen molar-refractivity contribution in [2.45, 2.75) is 58.0 Å². The molecule has 3 N–H and O–H groups in total. The Balaban J connectivity index is 1.67. The molecule has 1 aliphatic rings. The molecule has 0 aliphatic heterocycles. The van der Waals surface area contributed by atoms with Crippen molar-refractivity contribution in [1.82, 2.24) is 10.6 Å². The molecule has 0 aromatic heterocycles. The molecular formula is C26H32N2O5. The summed E-state index contributed by atoms with van der Waals surface area (Å²) in [5.74, 6) is -1.57. The Morgan fingerprint density at radius 1 is 1.03 bits per heavy atom. The lowest BCUT2D eigenvalue weighted by Gasteiger charge is -2.31. The van der Waals surface area contributed by atoms with Gasteiger partial charge in [-0.3, -0.25) is 9.59 Å². The van der Waals surface area contributed by atoms with Crippen LogP contribution < -0.4 is 10.6 Å². The summed E-state index contributed by atoms with van der Waals surface area (Å²) in [5, 5.41) is 14.6. The van der Waals surface area contributed by atoms with Crippen molar-refractivity contribution in [2.24, 2.45) is 5.92 Å². The minimum absolute atomic E-state index is 0.0689. The Morgan fingerprint density at radius 2 is 1.58 bits per heavy atom. The van der Waals surface area contributed by atoms with Crippen LogP contribution >= 0.6 is 0 Å². The second-order valence-electron chi connectivity index (χ2n) is 9.06. The maximum atomic E-state index is 12.9. The fraction of sp³-hybridized carbons (Fsp3) is 0.423. The molecule has 7 nitrogen and oxygen atoms in total. The number of fused-ring (bicyclic) bond motifs is 3. The highest BCUT2D eigenvalue weighted by molar-refractivity contribution is 5.90. The lowest BCUT2D eigenvalue weighted by molar-refractivity contribution is -0.138. The highest BCUT2D eigenvalue weighted by Gasteiger charge is 2.36. The zero-order chi connectivity index (χ0) is 24.2. The predicted molar refractivity (Wildman–Crippen MR) is 126 cm³/mol. The zero-order valence-corrected chi connectivity index (χ0v) is 19.6. The fourth-order valence-corrected chi connectivity index (χ4v) is 4.13. The van der Waals surface area contributed by atoms with Gasteiger partial charge in [0.25, 0.3) is 0 Å². The van der Waals surface area contributed by atoms with Gasteiger partial charge in [0.05, 0.1) is 6.42 Å². The number of carboxylic acid groups (broad SMARTS) is 1. The van der Waals surface area contributed by atoms with E-state index < -0.39 is 29.6 Å². The summed E-state index contributed by atoms with van der Waals surface area (Å²) in [7, 11) is 0. The van der Waals surface area contributed by atoms with Crippen LogP contribution in [0, 0.1) is 5.92 Å². The summed E-state index contributed by atoms with van der Waals surface area (Å²) < 4.78 is 5.58. The van der Waals surface area contributed by atoms with Gasteiger partial charge in [0, 0.05) is 12.0 Å². The average molecular weight is 453 g/mol.